The van der Waals surface area contributed by atoms with Crippen LogP contribution in [0.1, 0.15) is 27.2 Å². The molecule has 1 heterocycles. The summed E-state index contributed by atoms with van der Waals surface area (Å²) >= 11 is 0. The van der Waals surface area contributed by atoms with Crippen LogP contribution in [0.3, 0.4) is 0 Å². The Morgan fingerprint density at radius 2 is 2.00 bits per heavy atom. The molecule has 76 valence electrons. The van der Waals surface area contributed by atoms with Crippen molar-refractivity contribution in [3.05, 3.63) is 35.6 Å². The first-order valence-corrected chi connectivity index (χ1v) is 5.36. The number of ether oxygens (including phenoxy) is 1. The molecule has 0 aromatic rings. The molecule has 1 heteroatoms. The molecule has 1 atom stereocenters. The molecule has 0 bridgehead atoms. The Kier molecular flexibility index (Phi) is 2.26. The van der Waals surface area contributed by atoms with Crippen LogP contribution in [0.4, 0.5) is 0 Å². The minimum Gasteiger partial charge on any atom is -0.493 e. The third kappa shape index (κ3) is 1.52. The normalized spacial score (nSPS) is 30.6. The average molecular weight is 190 g/mol. The van der Waals surface area contributed by atoms with E-state index in [4.69, 9.17) is 4.74 Å². The summed E-state index contributed by atoms with van der Waals surface area (Å²) in [5.41, 5.74) is 1.53. The Morgan fingerprint density at radius 1 is 1.29 bits per heavy atom. The number of hydrogen-bond donors (Lipinski definition) is 0. The van der Waals surface area contributed by atoms with Crippen LogP contribution in [-0.4, -0.2) is 6.61 Å². The first-order chi connectivity index (χ1) is 6.62. The molecule has 14 heavy (non-hydrogen) atoms. The van der Waals surface area contributed by atoms with E-state index in [2.05, 4.69) is 45.1 Å². The van der Waals surface area contributed by atoms with E-state index in [1.54, 1.807) is 0 Å². The first-order valence-electron chi connectivity index (χ1n) is 5.36. The molecule has 2 rings (SSSR count). The first kappa shape index (κ1) is 9.57. The molecule has 1 aliphatic heterocycles. The fourth-order valence-electron chi connectivity index (χ4n) is 1.78. The molecular weight excluding hydrogens is 172 g/mol. The molecule has 0 aromatic heterocycles. The molecular formula is C13H18O. The SMILES string of the molecule is CC(C)C1(C)C=CC2=C(C=C1)OCC2. The lowest BCUT2D eigenvalue weighted by atomic mass is 9.79. The van der Waals surface area contributed by atoms with Crippen LogP contribution < -0.4 is 0 Å². The maximum absolute atomic E-state index is 5.55. The zero-order valence-electron chi connectivity index (χ0n) is 9.21. The van der Waals surface area contributed by atoms with Crippen LogP contribution in [0.15, 0.2) is 35.6 Å². The van der Waals surface area contributed by atoms with E-state index in [0.29, 0.717) is 5.92 Å². The van der Waals surface area contributed by atoms with Crippen LogP contribution in [0.25, 0.3) is 0 Å². The molecule has 1 unspecified atom stereocenters. The number of rotatable bonds is 1. The highest BCUT2D eigenvalue weighted by molar-refractivity contribution is 5.37. The van der Waals surface area contributed by atoms with Crippen LogP contribution in [-0.2, 0) is 4.74 Å². The topological polar surface area (TPSA) is 9.23 Å². The summed E-state index contributed by atoms with van der Waals surface area (Å²) in [6.07, 6.45) is 10.0. The average Bonchev–Trinajstić information content (AvgIpc) is 2.53. The fourth-order valence-corrected chi connectivity index (χ4v) is 1.78. The van der Waals surface area contributed by atoms with E-state index >= 15 is 0 Å². The molecule has 0 radical (unpaired) electrons. The molecule has 0 aromatic carbocycles. The van der Waals surface area contributed by atoms with Gasteiger partial charge in [0.15, 0.2) is 0 Å². The minimum atomic E-state index is 0.174. The van der Waals surface area contributed by atoms with Crippen molar-refractivity contribution < 1.29 is 4.74 Å². The van der Waals surface area contributed by atoms with Crippen molar-refractivity contribution in [2.75, 3.05) is 6.61 Å². The summed E-state index contributed by atoms with van der Waals surface area (Å²) in [5, 5.41) is 0. The fraction of sp³-hybridized carbons (Fsp3) is 0.538. The van der Waals surface area contributed by atoms with Gasteiger partial charge in [-0.05, 0) is 17.6 Å². The van der Waals surface area contributed by atoms with E-state index < -0.39 is 0 Å². The lowest BCUT2D eigenvalue weighted by molar-refractivity contribution is 0.256. The Hall–Kier alpha value is -0.980. The molecule has 1 aliphatic carbocycles. The molecule has 0 N–H and O–H groups in total. The van der Waals surface area contributed by atoms with Crippen LogP contribution in [0.5, 0.6) is 0 Å². The second kappa shape index (κ2) is 3.30. The maximum atomic E-state index is 5.55. The Balaban J connectivity index is 2.30. The van der Waals surface area contributed by atoms with Gasteiger partial charge in [0.05, 0.1) is 6.61 Å². The van der Waals surface area contributed by atoms with Gasteiger partial charge in [-0.25, -0.2) is 0 Å². The van der Waals surface area contributed by atoms with Crippen molar-refractivity contribution in [3.8, 4) is 0 Å². The molecule has 0 amide bonds. The summed E-state index contributed by atoms with van der Waals surface area (Å²) in [6, 6.07) is 0. The van der Waals surface area contributed by atoms with Gasteiger partial charge in [0, 0.05) is 11.8 Å². The predicted molar refractivity (Wildman–Crippen MR) is 58.8 cm³/mol. The van der Waals surface area contributed by atoms with Gasteiger partial charge in [-0.3, -0.25) is 0 Å². The lowest BCUT2D eigenvalue weighted by Crippen LogP contribution is -2.17. The smallest absolute Gasteiger partial charge is 0.122 e. The Morgan fingerprint density at radius 3 is 2.71 bits per heavy atom. The van der Waals surface area contributed by atoms with Gasteiger partial charge in [-0.15, -0.1) is 0 Å². The highest BCUT2D eigenvalue weighted by Crippen LogP contribution is 2.35. The van der Waals surface area contributed by atoms with Gasteiger partial charge >= 0.3 is 0 Å². The Labute approximate surface area is 86.2 Å². The van der Waals surface area contributed by atoms with Gasteiger partial charge in [0.25, 0.3) is 0 Å². The minimum absolute atomic E-state index is 0.174. The van der Waals surface area contributed by atoms with Gasteiger partial charge in [-0.1, -0.05) is 39.0 Å². The zero-order valence-corrected chi connectivity index (χ0v) is 9.21. The van der Waals surface area contributed by atoms with Crippen LogP contribution in [0.2, 0.25) is 0 Å². The summed E-state index contributed by atoms with van der Waals surface area (Å²) in [7, 11) is 0. The molecule has 2 aliphatic rings. The van der Waals surface area contributed by atoms with Crippen molar-refractivity contribution in [2.24, 2.45) is 11.3 Å². The third-order valence-corrected chi connectivity index (χ3v) is 3.43. The standard InChI is InChI=1S/C13H18O/c1-10(2)13(3)7-4-11-6-9-14-12(11)5-8-13/h4-5,7-8,10H,6,9H2,1-3H3. The van der Waals surface area contributed by atoms with Crippen molar-refractivity contribution in [1.82, 2.24) is 0 Å². The molecule has 1 nitrogen and oxygen atoms in total. The Bertz CT molecular complexity index is 294. The molecule has 0 saturated carbocycles. The second-order valence-corrected chi connectivity index (χ2v) is 4.68. The van der Waals surface area contributed by atoms with Crippen LogP contribution in [0, 0.1) is 11.3 Å². The van der Waals surface area contributed by atoms with E-state index in [9.17, 15) is 0 Å². The van der Waals surface area contributed by atoms with E-state index in [0.717, 1.165) is 18.8 Å². The van der Waals surface area contributed by atoms with Gasteiger partial charge in [0.1, 0.15) is 5.76 Å². The summed E-state index contributed by atoms with van der Waals surface area (Å²) in [5.74, 6) is 1.70. The zero-order chi connectivity index (χ0) is 10.2. The molecule has 0 spiro atoms. The summed E-state index contributed by atoms with van der Waals surface area (Å²) in [4.78, 5) is 0. The van der Waals surface area contributed by atoms with Crippen molar-refractivity contribution in [1.29, 1.82) is 0 Å². The van der Waals surface area contributed by atoms with E-state index in [1.807, 2.05) is 0 Å². The second-order valence-electron chi connectivity index (χ2n) is 4.68. The van der Waals surface area contributed by atoms with Gasteiger partial charge < -0.3 is 4.74 Å². The number of hydrogen-bond acceptors (Lipinski definition) is 1. The van der Waals surface area contributed by atoms with E-state index in [1.165, 1.54) is 5.57 Å². The van der Waals surface area contributed by atoms with Crippen molar-refractivity contribution in [2.45, 2.75) is 27.2 Å². The predicted octanol–water partition coefficient (Wildman–Crippen LogP) is 3.45. The van der Waals surface area contributed by atoms with Crippen molar-refractivity contribution in [3.63, 3.8) is 0 Å². The quantitative estimate of drug-likeness (QED) is 0.615. The summed E-state index contributed by atoms with van der Waals surface area (Å²) in [6.45, 7) is 7.63. The van der Waals surface area contributed by atoms with Crippen LogP contribution >= 0.6 is 0 Å². The van der Waals surface area contributed by atoms with Crippen molar-refractivity contribution >= 4 is 0 Å². The maximum Gasteiger partial charge on any atom is 0.122 e. The largest absolute Gasteiger partial charge is 0.493 e. The van der Waals surface area contributed by atoms with Gasteiger partial charge in [0.2, 0.25) is 0 Å². The number of allylic oxidation sites excluding steroid dienone is 4. The monoisotopic (exact) mass is 190 g/mol. The summed E-state index contributed by atoms with van der Waals surface area (Å²) < 4.78 is 5.55. The van der Waals surface area contributed by atoms with E-state index in [-0.39, 0.29) is 5.41 Å². The lowest BCUT2D eigenvalue weighted by Gasteiger charge is -2.26. The highest BCUT2D eigenvalue weighted by Gasteiger charge is 2.25. The highest BCUT2D eigenvalue weighted by atomic mass is 16.5. The third-order valence-electron chi connectivity index (χ3n) is 3.43. The molecule has 0 fully saturated rings. The van der Waals surface area contributed by atoms with Gasteiger partial charge in [-0.2, -0.15) is 0 Å². The molecule has 0 saturated heterocycles.